The Labute approximate surface area is 132 Å². The first-order valence-corrected chi connectivity index (χ1v) is 9.22. The maximum atomic E-state index is 11.4. The van der Waals surface area contributed by atoms with Crippen LogP contribution >= 0.6 is 11.3 Å². The minimum Gasteiger partial charge on any atom is -0.332 e. The Morgan fingerprint density at radius 2 is 1.73 bits per heavy atom. The van der Waals surface area contributed by atoms with Gasteiger partial charge in [0, 0.05) is 35.3 Å². The number of rotatable bonds is 4. The molecule has 112 valence electrons. The summed E-state index contributed by atoms with van der Waals surface area (Å²) >= 11 is 1.49. The number of sulfone groups is 1. The van der Waals surface area contributed by atoms with Crippen LogP contribution in [0, 0.1) is 0 Å². The molecular weight excluding hydrogens is 318 g/mol. The SMILES string of the molecule is CS(=O)(=O)c1ccc(Nc2nc(-c3ccncc3)cs2)cc1. The highest BCUT2D eigenvalue weighted by Gasteiger charge is 2.08. The maximum absolute atomic E-state index is 11.4. The van der Waals surface area contributed by atoms with Crippen molar-refractivity contribution in [1.82, 2.24) is 9.97 Å². The van der Waals surface area contributed by atoms with Crippen LogP contribution in [-0.4, -0.2) is 24.6 Å². The van der Waals surface area contributed by atoms with Gasteiger partial charge in [-0.2, -0.15) is 0 Å². The number of aromatic nitrogens is 2. The third-order valence-electron chi connectivity index (χ3n) is 3.01. The van der Waals surface area contributed by atoms with E-state index < -0.39 is 9.84 Å². The molecule has 7 heteroatoms. The normalized spacial score (nSPS) is 11.3. The number of nitrogens with one attached hydrogen (secondary N) is 1. The van der Waals surface area contributed by atoms with Gasteiger partial charge < -0.3 is 5.32 Å². The van der Waals surface area contributed by atoms with E-state index in [2.05, 4.69) is 15.3 Å². The molecule has 0 saturated heterocycles. The van der Waals surface area contributed by atoms with E-state index >= 15 is 0 Å². The number of nitrogens with zero attached hydrogens (tertiary/aromatic N) is 2. The first-order chi connectivity index (χ1) is 10.5. The van der Waals surface area contributed by atoms with Crippen molar-refractivity contribution in [1.29, 1.82) is 0 Å². The molecule has 0 aliphatic carbocycles. The third-order valence-corrected chi connectivity index (χ3v) is 4.90. The second-order valence-electron chi connectivity index (χ2n) is 4.70. The summed E-state index contributed by atoms with van der Waals surface area (Å²) in [6, 6.07) is 10.4. The molecule has 22 heavy (non-hydrogen) atoms. The number of anilines is 2. The highest BCUT2D eigenvalue weighted by molar-refractivity contribution is 7.90. The topological polar surface area (TPSA) is 72.0 Å². The largest absolute Gasteiger partial charge is 0.332 e. The minimum atomic E-state index is -3.17. The molecule has 1 N–H and O–H groups in total. The molecule has 2 heterocycles. The van der Waals surface area contributed by atoms with E-state index in [1.165, 1.54) is 17.6 Å². The first kappa shape index (κ1) is 14.7. The van der Waals surface area contributed by atoms with E-state index in [1.807, 2.05) is 17.5 Å². The van der Waals surface area contributed by atoms with Gasteiger partial charge in [-0.25, -0.2) is 13.4 Å². The van der Waals surface area contributed by atoms with E-state index in [0.717, 1.165) is 22.1 Å². The fourth-order valence-corrected chi connectivity index (χ4v) is 3.27. The van der Waals surface area contributed by atoms with Crippen molar-refractivity contribution >= 4 is 32.0 Å². The van der Waals surface area contributed by atoms with Crippen LogP contribution < -0.4 is 5.32 Å². The van der Waals surface area contributed by atoms with E-state index in [-0.39, 0.29) is 0 Å². The molecular formula is C15H13N3O2S2. The van der Waals surface area contributed by atoms with Gasteiger partial charge in [0.15, 0.2) is 15.0 Å². The van der Waals surface area contributed by atoms with Gasteiger partial charge in [-0.15, -0.1) is 11.3 Å². The molecule has 0 unspecified atom stereocenters. The zero-order valence-electron chi connectivity index (χ0n) is 11.7. The molecule has 0 amide bonds. The van der Waals surface area contributed by atoms with E-state index in [0.29, 0.717) is 4.90 Å². The summed E-state index contributed by atoms with van der Waals surface area (Å²) in [5.74, 6) is 0. The van der Waals surface area contributed by atoms with Crippen LogP contribution in [0.2, 0.25) is 0 Å². The second-order valence-corrected chi connectivity index (χ2v) is 7.57. The Kier molecular flexibility index (Phi) is 3.91. The van der Waals surface area contributed by atoms with Gasteiger partial charge in [-0.1, -0.05) is 0 Å². The highest BCUT2D eigenvalue weighted by atomic mass is 32.2. The lowest BCUT2D eigenvalue weighted by Gasteiger charge is -2.03. The lowest BCUT2D eigenvalue weighted by molar-refractivity contribution is 0.602. The molecule has 2 aromatic heterocycles. The average Bonchev–Trinajstić information content (AvgIpc) is 2.96. The fraction of sp³-hybridized carbons (Fsp3) is 0.0667. The van der Waals surface area contributed by atoms with E-state index in [9.17, 15) is 8.42 Å². The number of hydrogen-bond acceptors (Lipinski definition) is 6. The minimum absolute atomic E-state index is 0.301. The van der Waals surface area contributed by atoms with Gasteiger partial charge in [0.2, 0.25) is 0 Å². The Bertz CT molecular complexity index is 873. The number of thiazole rings is 1. The van der Waals surface area contributed by atoms with Gasteiger partial charge in [-0.05, 0) is 36.4 Å². The summed E-state index contributed by atoms with van der Waals surface area (Å²) in [4.78, 5) is 8.79. The van der Waals surface area contributed by atoms with Crippen molar-refractivity contribution in [2.45, 2.75) is 4.90 Å². The molecule has 0 saturated carbocycles. The molecule has 0 spiro atoms. The molecule has 0 atom stereocenters. The van der Waals surface area contributed by atoms with E-state index in [1.54, 1.807) is 36.7 Å². The number of hydrogen-bond donors (Lipinski definition) is 1. The van der Waals surface area contributed by atoms with Crippen molar-refractivity contribution in [3.05, 3.63) is 54.2 Å². The molecule has 0 fully saturated rings. The van der Waals surface area contributed by atoms with Crippen LogP contribution in [0.5, 0.6) is 0 Å². The van der Waals surface area contributed by atoms with Crippen LogP contribution in [0.25, 0.3) is 11.3 Å². The summed E-state index contributed by atoms with van der Waals surface area (Å²) in [6.07, 6.45) is 4.65. The standard InChI is InChI=1S/C15H13N3O2S2/c1-22(19,20)13-4-2-12(3-5-13)17-15-18-14(10-21-15)11-6-8-16-9-7-11/h2-10H,1H3,(H,17,18). The van der Waals surface area contributed by atoms with Gasteiger partial charge in [0.25, 0.3) is 0 Å². The third kappa shape index (κ3) is 3.32. The predicted molar refractivity (Wildman–Crippen MR) is 88.2 cm³/mol. The van der Waals surface area contributed by atoms with Crippen molar-refractivity contribution in [2.24, 2.45) is 0 Å². The van der Waals surface area contributed by atoms with Crippen LogP contribution in [0.4, 0.5) is 10.8 Å². The average molecular weight is 331 g/mol. The van der Waals surface area contributed by atoms with E-state index in [4.69, 9.17) is 0 Å². The molecule has 0 aliphatic rings. The summed E-state index contributed by atoms with van der Waals surface area (Å²) in [5.41, 5.74) is 2.68. The van der Waals surface area contributed by atoms with Crippen LogP contribution in [0.1, 0.15) is 0 Å². The molecule has 1 aromatic carbocycles. The summed E-state index contributed by atoms with van der Waals surface area (Å²) in [5, 5.41) is 5.88. The fourth-order valence-electron chi connectivity index (χ4n) is 1.90. The maximum Gasteiger partial charge on any atom is 0.187 e. The number of pyridine rings is 1. The van der Waals surface area contributed by atoms with Gasteiger partial charge in [0.05, 0.1) is 10.6 Å². The van der Waals surface area contributed by atoms with Gasteiger partial charge >= 0.3 is 0 Å². The number of benzene rings is 1. The van der Waals surface area contributed by atoms with Gasteiger partial charge in [-0.3, -0.25) is 4.98 Å². The second kappa shape index (κ2) is 5.86. The van der Waals surface area contributed by atoms with Crippen molar-refractivity contribution in [2.75, 3.05) is 11.6 Å². The van der Waals surface area contributed by atoms with Crippen LogP contribution in [0.3, 0.4) is 0 Å². The Morgan fingerprint density at radius 1 is 1.05 bits per heavy atom. The molecule has 0 bridgehead atoms. The molecule has 5 nitrogen and oxygen atoms in total. The Morgan fingerprint density at radius 3 is 2.36 bits per heavy atom. The highest BCUT2D eigenvalue weighted by Crippen LogP contribution is 2.27. The smallest absolute Gasteiger partial charge is 0.187 e. The quantitative estimate of drug-likeness (QED) is 0.794. The van der Waals surface area contributed by atoms with Crippen molar-refractivity contribution in [3.8, 4) is 11.3 Å². The summed E-state index contributed by atoms with van der Waals surface area (Å²) in [6.45, 7) is 0. The van der Waals surface area contributed by atoms with Crippen molar-refractivity contribution < 1.29 is 8.42 Å². The van der Waals surface area contributed by atoms with Crippen molar-refractivity contribution in [3.63, 3.8) is 0 Å². The van der Waals surface area contributed by atoms with Crippen LogP contribution in [0.15, 0.2) is 59.1 Å². The Balaban J connectivity index is 1.78. The monoisotopic (exact) mass is 331 g/mol. The molecule has 0 radical (unpaired) electrons. The predicted octanol–water partition coefficient (Wildman–Crippen LogP) is 3.35. The molecule has 0 aliphatic heterocycles. The Hall–Kier alpha value is -2.25. The zero-order chi connectivity index (χ0) is 15.6. The first-order valence-electron chi connectivity index (χ1n) is 6.45. The zero-order valence-corrected chi connectivity index (χ0v) is 13.4. The molecule has 3 aromatic rings. The molecule has 3 rings (SSSR count). The summed E-state index contributed by atoms with van der Waals surface area (Å²) in [7, 11) is -3.17. The van der Waals surface area contributed by atoms with Crippen LogP contribution in [-0.2, 0) is 9.84 Å². The lowest BCUT2D eigenvalue weighted by atomic mass is 10.2. The van der Waals surface area contributed by atoms with Gasteiger partial charge in [0.1, 0.15) is 0 Å². The lowest BCUT2D eigenvalue weighted by Crippen LogP contribution is -1.97. The summed E-state index contributed by atoms with van der Waals surface area (Å²) < 4.78 is 22.9.